The Bertz CT molecular complexity index is 1380. The van der Waals surface area contributed by atoms with Crippen molar-refractivity contribution in [2.45, 2.75) is 154 Å². The molecule has 19 unspecified atom stereocenters. The van der Waals surface area contributed by atoms with Crippen molar-refractivity contribution in [2.75, 3.05) is 95.7 Å². The molecule has 15 N–H and O–H groups in total. The van der Waals surface area contributed by atoms with Crippen LogP contribution >= 0.6 is 35.3 Å². The van der Waals surface area contributed by atoms with Crippen molar-refractivity contribution in [3.63, 3.8) is 0 Å². The lowest BCUT2D eigenvalue weighted by Gasteiger charge is -2.45. The van der Waals surface area contributed by atoms with Crippen molar-refractivity contribution in [1.82, 2.24) is 5.32 Å². The van der Waals surface area contributed by atoms with Crippen LogP contribution < -0.4 is 11.1 Å². The Labute approximate surface area is 404 Å². The molecule has 4 aliphatic rings. The third-order valence-corrected chi connectivity index (χ3v) is 15.7. The number of aliphatic hydroxyl groups excluding tert-OH is 10. The van der Waals surface area contributed by atoms with Crippen LogP contribution in [0.15, 0.2) is 0 Å². The maximum Gasteiger partial charge on any atom is 0.187 e. The van der Waals surface area contributed by atoms with Gasteiger partial charge < -0.3 is 110 Å². The number of methoxy groups -OCH3 is 2. The van der Waals surface area contributed by atoms with Crippen molar-refractivity contribution in [1.29, 1.82) is 5.41 Å². The van der Waals surface area contributed by atoms with Gasteiger partial charge >= 0.3 is 0 Å². The Morgan fingerprint density at radius 1 is 0.657 bits per heavy atom. The lowest BCUT2D eigenvalue weighted by molar-refractivity contribution is -0.347. The van der Waals surface area contributed by atoms with Crippen molar-refractivity contribution in [3.05, 3.63) is 0 Å². The second kappa shape index (κ2) is 30.7. The highest BCUT2D eigenvalue weighted by atomic mass is 32.2. The topological polar surface area (TPSA) is 368 Å². The molecule has 3 aliphatic heterocycles. The molecular formula is C41H77N3O20S3. The lowest BCUT2D eigenvalue weighted by atomic mass is 9.80. The van der Waals surface area contributed by atoms with Gasteiger partial charge in [-0.15, -0.1) is 11.8 Å². The van der Waals surface area contributed by atoms with E-state index in [9.17, 15) is 56.2 Å². The first-order valence-corrected chi connectivity index (χ1v) is 26.2. The van der Waals surface area contributed by atoms with Gasteiger partial charge in [-0.05, 0) is 43.6 Å². The van der Waals surface area contributed by atoms with Gasteiger partial charge in [0, 0.05) is 57.3 Å². The molecule has 0 aromatic carbocycles. The van der Waals surface area contributed by atoms with Crippen LogP contribution in [-0.4, -0.2) is 273 Å². The van der Waals surface area contributed by atoms with Gasteiger partial charge in [0.15, 0.2) is 18.9 Å². The molecule has 1 saturated carbocycles. The molecule has 1 aliphatic carbocycles. The maximum absolute atomic E-state index is 11.4. The van der Waals surface area contributed by atoms with Gasteiger partial charge in [0.1, 0.15) is 90.8 Å². The molecular weight excluding hydrogens is 951 g/mol. The van der Waals surface area contributed by atoms with E-state index >= 15 is 0 Å². The molecule has 23 nitrogen and oxygen atoms in total. The third-order valence-electron chi connectivity index (χ3n) is 12.0. The smallest absolute Gasteiger partial charge is 0.187 e. The van der Waals surface area contributed by atoms with E-state index in [1.165, 1.54) is 26.0 Å². The first kappa shape index (κ1) is 59.2. The van der Waals surface area contributed by atoms with Crippen LogP contribution in [0, 0.1) is 5.41 Å². The Morgan fingerprint density at radius 3 is 1.79 bits per heavy atom. The Morgan fingerprint density at radius 2 is 1.21 bits per heavy atom. The van der Waals surface area contributed by atoms with E-state index in [1.807, 2.05) is 0 Å². The van der Waals surface area contributed by atoms with Gasteiger partial charge in [-0.3, -0.25) is 5.41 Å². The largest absolute Gasteiger partial charge is 0.393 e. The number of ether oxygens (including phenoxy) is 9. The zero-order valence-electron chi connectivity index (χ0n) is 38.2. The number of amidine groups is 1. The van der Waals surface area contributed by atoms with Gasteiger partial charge in [-0.25, -0.2) is 0 Å². The fourth-order valence-electron chi connectivity index (χ4n) is 8.06. The molecule has 67 heavy (non-hydrogen) atoms. The molecule has 394 valence electrons. The van der Waals surface area contributed by atoms with E-state index in [2.05, 4.69) is 5.32 Å². The van der Waals surface area contributed by atoms with Crippen molar-refractivity contribution >= 4 is 41.1 Å². The molecule has 0 aromatic rings. The Kier molecular flexibility index (Phi) is 27.1. The Hall–Kier alpha value is -0.320. The highest BCUT2D eigenvalue weighted by molar-refractivity contribution is 8.00. The van der Waals surface area contributed by atoms with Gasteiger partial charge in [-0.2, -0.15) is 23.5 Å². The highest BCUT2D eigenvalue weighted by Gasteiger charge is 2.52. The minimum absolute atomic E-state index is 0.0994. The average molecular weight is 1030 g/mol. The van der Waals surface area contributed by atoms with Crippen LogP contribution in [0.1, 0.15) is 38.5 Å². The minimum atomic E-state index is -1.86. The molecule has 0 spiro atoms. The molecule has 0 aromatic heterocycles. The van der Waals surface area contributed by atoms with Gasteiger partial charge in [-0.1, -0.05) is 6.42 Å². The normalized spacial score (nSPS) is 39.4. The third kappa shape index (κ3) is 17.1. The first-order valence-electron chi connectivity index (χ1n) is 22.8. The molecule has 3 heterocycles. The molecule has 3 saturated heterocycles. The summed E-state index contributed by atoms with van der Waals surface area (Å²) in [6, 6.07) is 0. The number of rotatable bonds is 30. The van der Waals surface area contributed by atoms with E-state index in [0.29, 0.717) is 43.9 Å². The summed E-state index contributed by atoms with van der Waals surface area (Å²) < 4.78 is 52.1. The molecule has 26 heteroatoms. The Balaban J connectivity index is 1.29. The predicted octanol–water partition coefficient (Wildman–Crippen LogP) is -4.32. The maximum atomic E-state index is 11.4. The van der Waals surface area contributed by atoms with Crippen LogP contribution in [0.3, 0.4) is 0 Å². The highest BCUT2D eigenvalue weighted by Crippen LogP contribution is 2.37. The van der Waals surface area contributed by atoms with E-state index in [1.54, 1.807) is 23.5 Å². The monoisotopic (exact) mass is 1030 g/mol. The number of nitrogens with two attached hydrogens (primary N) is 1. The number of hydrogen-bond acceptors (Lipinski definition) is 25. The summed E-state index contributed by atoms with van der Waals surface area (Å²) in [5.74, 6) is 3.48. The van der Waals surface area contributed by atoms with E-state index in [4.69, 9.17) is 53.8 Å². The summed E-state index contributed by atoms with van der Waals surface area (Å²) in [4.78, 5) is 0. The number of aliphatic hydroxyl groups is 11. The van der Waals surface area contributed by atoms with Gasteiger partial charge in [0.25, 0.3) is 0 Å². The van der Waals surface area contributed by atoms with Crippen LogP contribution in [0.4, 0.5) is 0 Å². The fraction of sp³-hybridized carbons (Fsp3) is 0.976. The zero-order chi connectivity index (χ0) is 49.1. The van der Waals surface area contributed by atoms with Crippen LogP contribution in [0.5, 0.6) is 0 Å². The molecule has 0 bridgehead atoms. The van der Waals surface area contributed by atoms with E-state index in [-0.39, 0.29) is 37.8 Å². The average Bonchev–Trinajstić information content (AvgIpc) is 3.32. The number of nitrogens with one attached hydrogen (secondary N) is 2. The quantitative estimate of drug-likeness (QED) is 0.0184. The molecule has 4 fully saturated rings. The fourth-order valence-corrected chi connectivity index (χ4v) is 10.9. The summed E-state index contributed by atoms with van der Waals surface area (Å²) in [6.07, 6.45) is -19.6. The second-order valence-corrected chi connectivity index (χ2v) is 20.6. The van der Waals surface area contributed by atoms with E-state index < -0.39 is 135 Å². The second-order valence-electron chi connectivity index (χ2n) is 17.0. The lowest BCUT2D eigenvalue weighted by Crippen LogP contribution is -2.63. The summed E-state index contributed by atoms with van der Waals surface area (Å²) in [7, 11) is 2.66. The van der Waals surface area contributed by atoms with Crippen molar-refractivity contribution in [2.24, 2.45) is 5.73 Å². The van der Waals surface area contributed by atoms with Crippen LogP contribution in [-0.2, 0) is 42.6 Å². The summed E-state index contributed by atoms with van der Waals surface area (Å²) in [6.45, 7) is -0.267. The summed E-state index contributed by atoms with van der Waals surface area (Å²) in [5, 5.41) is 127. The van der Waals surface area contributed by atoms with Crippen LogP contribution in [0.2, 0.25) is 0 Å². The van der Waals surface area contributed by atoms with E-state index in [0.717, 1.165) is 24.3 Å². The zero-order valence-corrected chi connectivity index (χ0v) is 40.7. The number of thioether (sulfide) groups is 3. The molecule has 0 radical (unpaired) electrons. The summed E-state index contributed by atoms with van der Waals surface area (Å²) >= 11 is 4.56. The first-order chi connectivity index (χ1) is 32.1. The van der Waals surface area contributed by atoms with Crippen LogP contribution in [0.25, 0.3) is 0 Å². The SMILES string of the molecule is COCC1OC(OCC2OC(OCC3OC(OC)C(O)C(O)C3O)C(OCCCCCSCCN)C(O)C2O)C(OCCCSCCNC(=N)CSC2CCC(O)C(O)C2(O)CO)C(O)C1O. The number of hydrogen-bond donors (Lipinski definition) is 14. The van der Waals surface area contributed by atoms with Crippen molar-refractivity contribution in [3.8, 4) is 0 Å². The van der Waals surface area contributed by atoms with Gasteiger partial charge in [0.2, 0.25) is 0 Å². The standard InChI is InChI=1S/C41H77N3O20S3/c1-56-17-23-29(48)32(51)36(59-12-6-14-66-16-10-44-27(43)20-67-26-8-7-22(46)37(54)41(26,55)21-45)39(63-23)61-19-25-30(49)33(52)35(58-11-4-3-5-13-65-15-9-42)40(64-25)60-18-24-28(47)31(50)34(53)38(57-2)62-24/h22-26,28-40,45-55H,3-21,42H2,1-2H3,(H2,43,44). The summed E-state index contributed by atoms with van der Waals surface area (Å²) in [5.41, 5.74) is 3.71. The minimum Gasteiger partial charge on any atom is -0.393 e. The number of unbranched alkanes of at least 4 members (excludes halogenated alkanes) is 2. The molecule has 4 rings (SSSR count). The van der Waals surface area contributed by atoms with Gasteiger partial charge in [0.05, 0.1) is 38.3 Å². The van der Waals surface area contributed by atoms with Crippen molar-refractivity contribution < 1.29 is 98.8 Å². The molecule has 19 atom stereocenters. The molecule has 0 amide bonds. The predicted molar refractivity (Wildman–Crippen MR) is 246 cm³/mol.